The second-order valence-corrected chi connectivity index (χ2v) is 6.68. The lowest BCUT2D eigenvalue weighted by atomic mass is 9.97. The molecule has 2 aromatic rings. The number of hydrogen-bond donors (Lipinski definition) is 0. The maximum atomic E-state index is 5.60. The third-order valence-electron chi connectivity index (χ3n) is 3.89. The van der Waals surface area contributed by atoms with Gasteiger partial charge in [0.25, 0.3) is 0 Å². The second kappa shape index (κ2) is 7.75. The zero-order chi connectivity index (χ0) is 16.9. The summed E-state index contributed by atoms with van der Waals surface area (Å²) in [6.07, 6.45) is 0. The van der Waals surface area contributed by atoms with E-state index in [1.165, 1.54) is 5.56 Å². The summed E-state index contributed by atoms with van der Waals surface area (Å²) in [4.78, 5) is 1.01. The normalized spacial score (nSPS) is 11.3. The second-order valence-electron chi connectivity index (χ2n) is 5.70. The number of rotatable bonds is 7. The molecule has 0 heterocycles. The summed E-state index contributed by atoms with van der Waals surface area (Å²) in [6.45, 7) is 4.05. The van der Waals surface area contributed by atoms with Crippen LogP contribution in [0.15, 0.2) is 47.4 Å². The summed E-state index contributed by atoms with van der Waals surface area (Å²) in [6, 6.07) is 14.4. The maximum Gasteiger partial charge on any atom is 0.136 e. The van der Waals surface area contributed by atoms with Crippen molar-refractivity contribution in [2.24, 2.45) is 0 Å². The van der Waals surface area contributed by atoms with Crippen molar-refractivity contribution in [3.63, 3.8) is 0 Å². The number of methoxy groups -OCH3 is 3. The van der Waals surface area contributed by atoms with E-state index in [0.29, 0.717) is 0 Å². The Morgan fingerprint density at radius 1 is 0.913 bits per heavy atom. The van der Waals surface area contributed by atoms with Crippen LogP contribution < -0.4 is 9.47 Å². The molecule has 0 radical (unpaired) electrons. The molecule has 2 aromatic carbocycles. The molecule has 0 aliphatic heterocycles. The van der Waals surface area contributed by atoms with Gasteiger partial charge < -0.3 is 14.2 Å². The highest BCUT2D eigenvalue weighted by Crippen LogP contribution is 2.42. The van der Waals surface area contributed by atoms with Crippen LogP contribution in [0, 0.1) is 0 Å². The molecule has 4 heteroatoms. The zero-order valence-electron chi connectivity index (χ0n) is 14.4. The molecule has 0 saturated carbocycles. The van der Waals surface area contributed by atoms with E-state index in [9.17, 15) is 0 Å². The van der Waals surface area contributed by atoms with Gasteiger partial charge in [0.1, 0.15) is 11.5 Å². The zero-order valence-corrected chi connectivity index (χ0v) is 15.2. The van der Waals surface area contributed by atoms with Crippen LogP contribution in [0.3, 0.4) is 0 Å². The summed E-state index contributed by atoms with van der Waals surface area (Å²) in [5.74, 6) is 2.48. The maximum absolute atomic E-state index is 5.60. The summed E-state index contributed by atoms with van der Waals surface area (Å²) in [5, 5.41) is 0. The first-order chi connectivity index (χ1) is 11.0. The van der Waals surface area contributed by atoms with Gasteiger partial charge in [-0.25, -0.2) is 0 Å². The van der Waals surface area contributed by atoms with Crippen LogP contribution in [0.2, 0.25) is 0 Å². The van der Waals surface area contributed by atoms with Gasteiger partial charge in [0.2, 0.25) is 0 Å². The van der Waals surface area contributed by atoms with Gasteiger partial charge in [-0.1, -0.05) is 30.3 Å². The Labute approximate surface area is 143 Å². The van der Waals surface area contributed by atoms with Gasteiger partial charge in [-0.15, -0.1) is 11.8 Å². The van der Waals surface area contributed by atoms with Crippen molar-refractivity contribution in [3.05, 3.63) is 53.6 Å². The van der Waals surface area contributed by atoms with E-state index in [1.54, 1.807) is 33.1 Å². The quantitative estimate of drug-likeness (QED) is 0.676. The van der Waals surface area contributed by atoms with Crippen LogP contribution in [-0.2, 0) is 16.1 Å². The molecule has 0 amide bonds. The summed E-state index contributed by atoms with van der Waals surface area (Å²) < 4.78 is 16.8. The van der Waals surface area contributed by atoms with Crippen molar-refractivity contribution in [1.82, 2.24) is 0 Å². The Morgan fingerprint density at radius 3 is 1.96 bits per heavy atom. The van der Waals surface area contributed by atoms with E-state index in [1.807, 2.05) is 32.0 Å². The van der Waals surface area contributed by atoms with Gasteiger partial charge in [-0.05, 0) is 37.1 Å². The van der Waals surface area contributed by atoms with E-state index >= 15 is 0 Å². The van der Waals surface area contributed by atoms with Crippen molar-refractivity contribution in [3.8, 4) is 11.5 Å². The van der Waals surface area contributed by atoms with Gasteiger partial charge >= 0.3 is 0 Å². The highest BCUT2D eigenvalue weighted by Gasteiger charge is 2.24. The molecule has 0 atom stereocenters. The highest BCUT2D eigenvalue weighted by molar-refractivity contribution is 7.98. The largest absolute Gasteiger partial charge is 0.495 e. The van der Waals surface area contributed by atoms with Crippen LogP contribution >= 0.6 is 11.8 Å². The monoisotopic (exact) mass is 332 g/mol. The van der Waals surface area contributed by atoms with Crippen molar-refractivity contribution < 1.29 is 14.2 Å². The molecule has 0 fully saturated rings. The smallest absolute Gasteiger partial charge is 0.136 e. The molecule has 0 saturated heterocycles. The van der Waals surface area contributed by atoms with Gasteiger partial charge in [0.15, 0.2) is 0 Å². The minimum Gasteiger partial charge on any atom is -0.495 e. The Hall–Kier alpha value is -1.65. The van der Waals surface area contributed by atoms with Crippen molar-refractivity contribution in [1.29, 1.82) is 0 Å². The van der Waals surface area contributed by atoms with E-state index in [0.717, 1.165) is 27.7 Å². The molecule has 0 bridgehead atoms. The molecule has 23 heavy (non-hydrogen) atoms. The summed E-state index contributed by atoms with van der Waals surface area (Å²) in [5.41, 5.74) is 1.89. The summed E-state index contributed by atoms with van der Waals surface area (Å²) >= 11 is 1.71. The Kier molecular flexibility index (Phi) is 5.97. The first-order valence-corrected chi connectivity index (χ1v) is 8.48. The lowest BCUT2D eigenvalue weighted by molar-refractivity contribution is 0.0188. The first kappa shape index (κ1) is 17.7. The molecular formula is C19H24O3S. The average molecular weight is 332 g/mol. The standard InChI is InChI=1S/C19H24O3S/c1-19(2,22-5)15-11-16(20-3)18(17(12-15)21-4)23-13-14-9-7-6-8-10-14/h6-12H,13H2,1-5H3. The van der Waals surface area contributed by atoms with E-state index < -0.39 is 5.60 Å². The summed E-state index contributed by atoms with van der Waals surface area (Å²) in [7, 11) is 5.08. The van der Waals surface area contributed by atoms with Crippen molar-refractivity contribution in [2.45, 2.75) is 30.1 Å². The fourth-order valence-electron chi connectivity index (χ4n) is 2.22. The Balaban J connectivity index is 2.34. The topological polar surface area (TPSA) is 27.7 Å². The van der Waals surface area contributed by atoms with E-state index in [4.69, 9.17) is 14.2 Å². The number of benzene rings is 2. The number of thioether (sulfide) groups is 1. The van der Waals surface area contributed by atoms with Crippen LogP contribution in [0.5, 0.6) is 11.5 Å². The van der Waals surface area contributed by atoms with Gasteiger partial charge in [0.05, 0.1) is 24.7 Å². The minimum absolute atomic E-state index is 0.400. The molecule has 124 valence electrons. The predicted molar refractivity (Wildman–Crippen MR) is 95.6 cm³/mol. The van der Waals surface area contributed by atoms with Gasteiger partial charge in [0, 0.05) is 12.9 Å². The van der Waals surface area contributed by atoms with Crippen LogP contribution in [0.25, 0.3) is 0 Å². The number of hydrogen-bond acceptors (Lipinski definition) is 4. The molecular weight excluding hydrogens is 308 g/mol. The fourth-order valence-corrected chi connectivity index (χ4v) is 3.29. The molecule has 0 N–H and O–H groups in total. The third-order valence-corrected chi connectivity index (χ3v) is 5.06. The first-order valence-electron chi connectivity index (χ1n) is 7.50. The Bertz CT molecular complexity index is 613. The number of ether oxygens (including phenoxy) is 3. The fraction of sp³-hybridized carbons (Fsp3) is 0.368. The molecule has 2 rings (SSSR count). The van der Waals surface area contributed by atoms with Crippen molar-refractivity contribution in [2.75, 3.05) is 21.3 Å². The van der Waals surface area contributed by atoms with Gasteiger partial charge in [-0.3, -0.25) is 0 Å². The van der Waals surface area contributed by atoms with E-state index in [-0.39, 0.29) is 0 Å². The minimum atomic E-state index is -0.400. The SMILES string of the molecule is COc1cc(C(C)(C)OC)cc(OC)c1SCc1ccccc1. The molecule has 3 nitrogen and oxygen atoms in total. The van der Waals surface area contributed by atoms with Crippen molar-refractivity contribution >= 4 is 11.8 Å². The Morgan fingerprint density at radius 2 is 1.48 bits per heavy atom. The molecule has 0 aromatic heterocycles. The predicted octanol–water partition coefficient (Wildman–Crippen LogP) is 4.88. The molecule has 0 spiro atoms. The lowest BCUT2D eigenvalue weighted by Crippen LogP contribution is -2.19. The average Bonchev–Trinajstić information content (AvgIpc) is 2.59. The van der Waals surface area contributed by atoms with Gasteiger partial charge in [-0.2, -0.15) is 0 Å². The van der Waals surface area contributed by atoms with Crippen LogP contribution in [0.1, 0.15) is 25.0 Å². The van der Waals surface area contributed by atoms with Crippen LogP contribution in [-0.4, -0.2) is 21.3 Å². The highest BCUT2D eigenvalue weighted by atomic mass is 32.2. The van der Waals surface area contributed by atoms with E-state index in [2.05, 4.69) is 24.3 Å². The third kappa shape index (κ3) is 4.21. The molecule has 0 unspecified atom stereocenters. The molecule has 0 aliphatic carbocycles. The lowest BCUT2D eigenvalue weighted by Gasteiger charge is -2.25. The van der Waals surface area contributed by atoms with Crippen LogP contribution in [0.4, 0.5) is 0 Å². The molecule has 0 aliphatic rings.